The maximum absolute atomic E-state index is 5.86. The number of nitrogen functional groups attached to an aromatic ring is 1. The molecule has 5 heteroatoms. The van der Waals surface area contributed by atoms with Gasteiger partial charge < -0.3 is 10.6 Å². The van der Waals surface area contributed by atoms with Crippen LogP contribution < -0.4 is 10.6 Å². The van der Waals surface area contributed by atoms with Crippen molar-refractivity contribution in [2.24, 2.45) is 0 Å². The molecule has 1 aromatic heterocycles. The van der Waals surface area contributed by atoms with Crippen molar-refractivity contribution < 1.29 is 0 Å². The van der Waals surface area contributed by atoms with E-state index in [1.165, 1.54) is 18.4 Å². The average molecular weight is 397 g/mol. The highest BCUT2D eigenvalue weighted by Crippen LogP contribution is 2.36. The molecular weight excluding hydrogens is 382 g/mol. The van der Waals surface area contributed by atoms with Gasteiger partial charge in [0.2, 0.25) is 0 Å². The molecule has 0 spiro atoms. The topological polar surface area (TPSA) is 42.1 Å². The van der Waals surface area contributed by atoms with E-state index >= 15 is 0 Å². The maximum Gasteiger partial charge on any atom is 0.143 e. The highest BCUT2D eigenvalue weighted by atomic mass is 79.9. The third kappa shape index (κ3) is 3.15. The Bertz CT molecular complexity index is 626. The fourth-order valence-corrected chi connectivity index (χ4v) is 3.49. The first-order valence-corrected chi connectivity index (χ1v) is 8.14. The van der Waals surface area contributed by atoms with Crippen molar-refractivity contribution in [3.8, 4) is 0 Å². The van der Waals surface area contributed by atoms with E-state index in [9.17, 15) is 0 Å². The van der Waals surface area contributed by atoms with Gasteiger partial charge in [0, 0.05) is 28.9 Å². The summed E-state index contributed by atoms with van der Waals surface area (Å²) in [5.41, 5.74) is 7.89. The number of nitrogens with two attached hydrogens (primary N) is 1. The van der Waals surface area contributed by atoms with E-state index in [2.05, 4.69) is 47.8 Å². The molecule has 20 heavy (non-hydrogen) atoms. The van der Waals surface area contributed by atoms with Gasteiger partial charge in [0.25, 0.3) is 0 Å². The number of aromatic nitrogens is 1. The van der Waals surface area contributed by atoms with Crippen LogP contribution in [-0.2, 0) is 6.54 Å². The Kier molecular flexibility index (Phi) is 3.98. The smallest absolute Gasteiger partial charge is 0.143 e. The van der Waals surface area contributed by atoms with Crippen molar-refractivity contribution in [3.05, 3.63) is 51.0 Å². The number of halogens is 2. The first kappa shape index (κ1) is 13.9. The molecular formula is C15H15Br2N3. The molecule has 0 radical (unpaired) electrons. The maximum atomic E-state index is 5.86. The molecule has 0 saturated heterocycles. The second-order valence-corrected chi connectivity index (χ2v) is 6.83. The molecule has 1 fully saturated rings. The number of anilines is 2. The lowest BCUT2D eigenvalue weighted by Crippen LogP contribution is -2.26. The van der Waals surface area contributed by atoms with E-state index in [-0.39, 0.29) is 0 Å². The van der Waals surface area contributed by atoms with E-state index in [1.54, 1.807) is 0 Å². The first-order valence-electron chi connectivity index (χ1n) is 6.55. The number of nitrogens with zero attached hydrogens (tertiary/aromatic N) is 2. The van der Waals surface area contributed by atoms with Crippen molar-refractivity contribution in [3.63, 3.8) is 0 Å². The van der Waals surface area contributed by atoms with Crippen molar-refractivity contribution >= 4 is 43.4 Å². The van der Waals surface area contributed by atoms with Crippen LogP contribution >= 0.6 is 31.9 Å². The van der Waals surface area contributed by atoms with Crippen molar-refractivity contribution in [1.82, 2.24) is 4.98 Å². The molecule has 3 rings (SSSR count). The summed E-state index contributed by atoms with van der Waals surface area (Å²) in [7, 11) is 0. The summed E-state index contributed by atoms with van der Waals surface area (Å²) in [6.07, 6.45) is 4.30. The number of pyridine rings is 1. The lowest BCUT2D eigenvalue weighted by molar-refractivity contribution is 0.775. The van der Waals surface area contributed by atoms with Crippen LogP contribution in [0.3, 0.4) is 0 Å². The number of benzene rings is 1. The van der Waals surface area contributed by atoms with Gasteiger partial charge in [0.15, 0.2) is 0 Å². The molecule has 104 valence electrons. The number of hydrogen-bond donors (Lipinski definition) is 1. The number of hydrogen-bond acceptors (Lipinski definition) is 3. The van der Waals surface area contributed by atoms with Crippen LogP contribution in [0.25, 0.3) is 0 Å². The summed E-state index contributed by atoms with van der Waals surface area (Å²) >= 11 is 7.06. The van der Waals surface area contributed by atoms with Crippen molar-refractivity contribution in [2.75, 3.05) is 10.6 Å². The molecule has 1 heterocycles. The van der Waals surface area contributed by atoms with Crippen LogP contribution in [0.2, 0.25) is 0 Å². The zero-order valence-electron chi connectivity index (χ0n) is 10.9. The van der Waals surface area contributed by atoms with E-state index in [0.29, 0.717) is 6.04 Å². The van der Waals surface area contributed by atoms with Gasteiger partial charge in [-0.1, -0.05) is 12.1 Å². The Morgan fingerprint density at radius 2 is 2.05 bits per heavy atom. The largest absolute Gasteiger partial charge is 0.399 e. The summed E-state index contributed by atoms with van der Waals surface area (Å²) in [5, 5.41) is 0. The van der Waals surface area contributed by atoms with Crippen molar-refractivity contribution in [1.29, 1.82) is 0 Å². The Hall–Kier alpha value is -1.07. The molecule has 1 aromatic carbocycles. The van der Waals surface area contributed by atoms with Gasteiger partial charge >= 0.3 is 0 Å². The highest BCUT2D eigenvalue weighted by molar-refractivity contribution is 9.11. The summed E-state index contributed by atoms with van der Waals surface area (Å²) < 4.78 is 2.00. The second-order valence-electron chi connectivity index (χ2n) is 5.06. The predicted octanol–water partition coefficient (Wildman–Crippen LogP) is 4.36. The molecule has 0 atom stereocenters. The predicted molar refractivity (Wildman–Crippen MR) is 89.7 cm³/mol. The van der Waals surface area contributed by atoms with Crippen molar-refractivity contribution in [2.45, 2.75) is 25.4 Å². The van der Waals surface area contributed by atoms with Gasteiger partial charge in [-0.3, -0.25) is 0 Å². The molecule has 1 aliphatic carbocycles. The van der Waals surface area contributed by atoms with Gasteiger partial charge in [0.1, 0.15) is 5.82 Å². The molecule has 0 amide bonds. The van der Waals surface area contributed by atoms with Crippen LogP contribution in [-0.4, -0.2) is 11.0 Å². The summed E-state index contributed by atoms with van der Waals surface area (Å²) in [6, 6.07) is 10.7. The van der Waals surface area contributed by atoms with Gasteiger partial charge in [-0.25, -0.2) is 4.98 Å². The molecule has 1 aliphatic rings. The fourth-order valence-electron chi connectivity index (χ4n) is 2.27. The Balaban J connectivity index is 1.89. The summed E-state index contributed by atoms with van der Waals surface area (Å²) in [6.45, 7) is 0.836. The quantitative estimate of drug-likeness (QED) is 0.780. The minimum atomic E-state index is 0.585. The highest BCUT2D eigenvalue weighted by Gasteiger charge is 2.31. The monoisotopic (exact) mass is 395 g/mol. The van der Waals surface area contributed by atoms with Gasteiger partial charge in [-0.2, -0.15) is 0 Å². The number of rotatable bonds is 4. The standard InChI is InChI=1S/C15H15Br2N3/c16-11-7-14(17)15(19-8-11)20(13-4-5-13)9-10-2-1-3-12(18)6-10/h1-3,6-8,13H,4-5,9,18H2. The lowest BCUT2D eigenvalue weighted by atomic mass is 10.2. The van der Waals surface area contributed by atoms with Crippen LogP contribution in [0.5, 0.6) is 0 Å². The second kappa shape index (κ2) is 5.74. The molecule has 0 aliphatic heterocycles. The van der Waals surface area contributed by atoms with Crippen LogP contribution in [0, 0.1) is 0 Å². The first-order chi connectivity index (χ1) is 9.63. The third-order valence-electron chi connectivity index (χ3n) is 3.35. The SMILES string of the molecule is Nc1cccc(CN(c2ncc(Br)cc2Br)C2CC2)c1. The van der Waals surface area contributed by atoms with Gasteiger partial charge in [-0.05, 0) is 68.5 Å². The average Bonchev–Trinajstić information content (AvgIpc) is 3.21. The fraction of sp³-hybridized carbons (Fsp3) is 0.267. The van der Waals surface area contributed by atoms with Gasteiger partial charge in [0.05, 0.1) is 4.47 Å². The van der Waals surface area contributed by atoms with E-state index in [0.717, 1.165) is 27.0 Å². The minimum absolute atomic E-state index is 0.585. The Morgan fingerprint density at radius 3 is 2.70 bits per heavy atom. The molecule has 0 unspecified atom stereocenters. The van der Waals surface area contributed by atoms with E-state index in [1.807, 2.05) is 30.5 Å². The van der Waals surface area contributed by atoms with E-state index in [4.69, 9.17) is 5.73 Å². The molecule has 1 saturated carbocycles. The summed E-state index contributed by atoms with van der Waals surface area (Å²) in [5.74, 6) is 0.998. The molecule has 3 nitrogen and oxygen atoms in total. The zero-order chi connectivity index (χ0) is 14.1. The summed E-state index contributed by atoms with van der Waals surface area (Å²) in [4.78, 5) is 6.91. The Labute approximate surface area is 135 Å². The molecule has 0 bridgehead atoms. The van der Waals surface area contributed by atoms with Crippen LogP contribution in [0.1, 0.15) is 18.4 Å². The lowest BCUT2D eigenvalue weighted by Gasteiger charge is -2.25. The van der Waals surface area contributed by atoms with Gasteiger partial charge in [-0.15, -0.1) is 0 Å². The van der Waals surface area contributed by atoms with E-state index < -0.39 is 0 Å². The zero-order valence-corrected chi connectivity index (χ0v) is 14.1. The van der Waals surface area contributed by atoms with Crippen LogP contribution in [0.4, 0.5) is 11.5 Å². The Morgan fingerprint density at radius 1 is 1.25 bits per heavy atom. The third-order valence-corrected chi connectivity index (χ3v) is 4.37. The minimum Gasteiger partial charge on any atom is -0.399 e. The molecule has 2 aromatic rings. The molecule has 2 N–H and O–H groups in total. The van der Waals surface area contributed by atoms with Crippen LogP contribution in [0.15, 0.2) is 45.5 Å². The normalized spacial score (nSPS) is 14.3.